The van der Waals surface area contributed by atoms with Crippen molar-refractivity contribution in [2.75, 3.05) is 7.05 Å². The molecule has 0 saturated carbocycles. The van der Waals surface area contributed by atoms with Crippen LogP contribution in [0.1, 0.15) is 11.6 Å². The summed E-state index contributed by atoms with van der Waals surface area (Å²) in [6, 6.07) is 5.09. The normalized spacial score (nSPS) is 13.3. The van der Waals surface area contributed by atoms with Crippen molar-refractivity contribution in [2.45, 2.75) is 17.1 Å². The summed E-state index contributed by atoms with van der Waals surface area (Å²) in [6.07, 6.45) is -3.06. The summed E-state index contributed by atoms with van der Waals surface area (Å²) in [5, 5.41) is 0. The van der Waals surface area contributed by atoms with Crippen molar-refractivity contribution in [1.82, 2.24) is 8.87 Å². The number of aromatic nitrogens is 1. The zero-order valence-corrected chi connectivity index (χ0v) is 13.2. The van der Waals surface area contributed by atoms with E-state index in [2.05, 4.69) is 0 Å². The molecular weight excluding hydrogens is 332 g/mol. The van der Waals surface area contributed by atoms with Gasteiger partial charge in [0.05, 0.1) is 0 Å². The molecule has 0 aliphatic carbocycles. The van der Waals surface area contributed by atoms with Gasteiger partial charge >= 0.3 is 6.18 Å². The summed E-state index contributed by atoms with van der Waals surface area (Å²) < 4.78 is 55.4. The molecule has 23 heavy (non-hydrogen) atoms. The lowest BCUT2D eigenvalue weighted by Crippen LogP contribution is -2.32. The molecule has 0 unspecified atom stereocenters. The summed E-state index contributed by atoms with van der Waals surface area (Å²) >= 11 is 0.807. The molecule has 0 N–H and O–H groups in total. The first-order valence-corrected chi connectivity index (χ1v) is 7.35. The van der Waals surface area contributed by atoms with Crippen LogP contribution in [0.3, 0.4) is 0 Å². The van der Waals surface area contributed by atoms with Gasteiger partial charge in [-0.15, -0.1) is 0 Å². The Hall–Kier alpha value is -1.80. The van der Waals surface area contributed by atoms with Crippen molar-refractivity contribution in [3.05, 3.63) is 64.3 Å². The number of benzene rings is 1. The largest absolute Gasteiger partial charge is 0.408 e. The zero-order chi connectivity index (χ0) is 17.2. The molecule has 1 aromatic heterocycles. The quantitative estimate of drug-likeness (QED) is 0.622. The van der Waals surface area contributed by atoms with E-state index in [9.17, 15) is 22.4 Å². The topological polar surface area (TPSA) is 25.2 Å². The Bertz CT molecular complexity index is 727. The van der Waals surface area contributed by atoms with Crippen LogP contribution in [0.25, 0.3) is 0 Å². The Kier molecular flexibility index (Phi) is 5.16. The van der Waals surface area contributed by atoms with Gasteiger partial charge < -0.3 is 4.57 Å². The molecule has 1 heterocycles. The third kappa shape index (κ3) is 4.35. The van der Waals surface area contributed by atoms with E-state index in [0.717, 1.165) is 40.5 Å². The standard InChI is InChI=1S/C15H14F4N2OS/c1-20-8-7-12(9-13(20)22)23-21(2)14(15(17,18)19)10-3-5-11(16)6-4-10/h3-9,14H,1-2H3/t14-/m1/s1. The van der Waals surface area contributed by atoms with Gasteiger partial charge in [0, 0.05) is 24.2 Å². The van der Waals surface area contributed by atoms with Crippen LogP contribution in [0, 0.1) is 5.82 Å². The number of rotatable bonds is 4. The summed E-state index contributed by atoms with van der Waals surface area (Å²) in [5.41, 5.74) is -0.383. The fraction of sp³-hybridized carbons (Fsp3) is 0.267. The van der Waals surface area contributed by atoms with E-state index in [0.29, 0.717) is 4.90 Å². The Morgan fingerprint density at radius 1 is 1.17 bits per heavy atom. The van der Waals surface area contributed by atoms with Gasteiger partial charge in [0.25, 0.3) is 5.56 Å². The summed E-state index contributed by atoms with van der Waals surface area (Å²) in [7, 11) is 2.83. The van der Waals surface area contributed by atoms with E-state index >= 15 is 0 Å². The number of hydrogen-bond donors (Lipinski definition) is 0. The second-order valence-electron chi connectivity index (χ2n) is 4.94. The van der Waals surface area contributed by atoms with Crippen LogP contribution in [-0.2, 0) is 7.05 Å². The Morgan fingerprint density at radius 3 is 2.30 bits per heavy atom. The van der Waals surface area contributed by atoms with E-state index in [1.807, 2.05) is 0 Å². The van der Waals surface area contributed by atoms with E-state index in [1.54, 1.807) is 13.1 Å². The van der Waals surface area contributed by atoms with Gasteiger partial charge in [0.2, 0.25) is 0 Å². The van der Waals surface area contributed by atoms with Crippen molar-refractivity contribution >= 4 is 11.9 Å². The van der Waals surface area contributed by atoms with Crippen LogP contribution in [-0.4, -0.2) is 22.1 Å². The van der Waals surface area contributed by atoms with E-state index in [1.165, 1.54) is 23.9 Å². The first-order chi connectivity index (χ1) is 10.7. The number of alkyl halides is 3. The van der Waals surface area contributed by atoms with Crippen molar-refractivity contribution < 1.29 is 17.6 Å². The summed E-state index contributed by atoms with van der Waals surface area (Å²) in [5.74, 6) is -0.600. The van der Waals surface area contributed by atoms with E-state index in [4.69, 9.17) is 0 Å². The lowest BCUT2D eigenvalue weighted by Gasteiger charge is -2.29. The molecule has 2 aromatic rings. The Morgan fingerprint density at radius 2 is 1.78 bits per heavy atom. The minimum absolute atomic E-state index is 0.0715. The third-order valence-electron chi connectivity index (χ3n) is 3.18. The van der Waals surface area contributed by atoms with Gasteiger partial charge in [-0.25, -0.2) is 8.70 Å². The molecule has 0 amide bonds. The molecule has 1 atom stereocenters. The van der Waals surface area contributed by atoms with Crippen LogP contribution < -0.4 is 5.56 Å². The maximum Gasteiger partial charge on any atom is 0.408 e. The van der Waals surface area contributed by atoms with Gasteiger partial charge in [-0.2, -0.15) is 13.2 Å². The van der Waals surface area contributed by atoms with Crippen molar-refractivity contribution in [1.29, 1.82) is 0 Å². The molecule has 0 bridgehead atoms. The number of hydrogen-bond acceptors (Lipinski definition) is 3. The van der Waals surface area contributed by atoms with E-state index < -0.39 is 18.0 Å². The SMILES string of the molecule is CN(Sc1ccn(C)c(=O)c1)[C@H](c1ccc(F)cc1)C(F)(F)F. The van der Waals surface area contributed by atoms with Gasteiger partial charge in [-0.3, -0.25) is 4.79 Å². The number of pyridine rings is 1. The highest BCUT2D eigenvalue weighted by atomic mass is 32.2. The molecule has 8 heteroatoms. The molecule has 0 aliphatic heterocycles. The zero-order valence-electron chi connectivity index (χ0n) is 12.3. The molecule has 1 aromatic carbocycles. The maximum absolute atomic E-state index is 13.4. The molecule has 0 radical (unpaired) electrons. The number of halogens is 4. The maximum atomic E-state index is 13.4. The highest BCUT2D eigenvalue weighted by molar-refractivity contribution is 7.97. The van der Waals surface area contributed by atoms with Crippen molar-refractivity contribution in [3.8, 4) is 0 Å². The molecule has 0 fully saturated rings. The fourth-order valence-electron chi connectivity index (χ4n) is 2.06. The summed E-state index contributed by atoms with van der Waals surface area (Å²) in [4.78, 5) is 12.0. The fourth-order valence-corrected chi connectivity index (χ4v) is 3.01. The number of nitrogens with zero attached hydrogens (tertiary/aromatic N) is 2. The van der Waals surface area contributed by atoms with Crippen LogP contribution in [0.4, 0.5) is 17.6 Å². The molecule has 3 nitrogen and oxygen atoms in total. The average molecular weight is 346 g/mol. The first-order valence-electron chi connectivity index (χ1n) is 6.58. The van der Waals surface area contributed by atoms with Crippen LogP contribution in [0.15, 0.2) is 52.3 Å². The first kappa shape index (κ1) is 17.6. The van der Waals surface area contributed by atoms with E-state index in [-0.39, 0.29) is 11.1 Å². The molecular formula is C15H14F4N2OS. The molecule has 124 valence electrons. The smallest absolute Gasteiger partial charge is 0.319 e. The molecule has 0 saturated heterocycles. The van der Waals surface area contributed by atoms with Crippen molar-refractivity contribution in [2.24, 2.45) is 7.05 Å². The lowest BCUT2D eigenvalue weighted by atomic mass is 10.1. The Labute approximate surface area is 134 Å². The van der Waals surface area contributed by atoms with Crippen LogP contribution in [0.2, 0.25) is 0 Å². The summed E-state index contributed by atoms with van der Waals surface area (Å²) in [6.45, 7) is 0. The average Bonchev–Trinajstić information content (AvgIpc) is 2.44. The van der Waals surface area contributed by atoms with Crippen LogP contribution >= 0.6 is 11.9 Å². The monoisotopic (exact) mass is 346 g/mol. The molecule has 2 rings (SSSR count). The Balaban J connectivity index is 2.30. The minimum atomic E-state index is -4.54. The molecule has 0 spiro atoms. The minimum Gasteiger partial charge on any atom is -0.319 e. The predicted octanol–water partition coefficient (Wildman–Crippen LogP) is 3.77. The predicted molar refractivity (Wildman–Crippen MR) is 80.5 cm³/mol. The second-order valence-corrected chi connectivity index (χ2v) is 6.17. The number of aryl methyl sites for hydroxylation is 1. The van der Waals surface area contributed by atoms with Gasteiger partial charge in [-0.05, 0) is 42.8 Å². The van der Waals surface area contributed by atoms with Gasteiger partial charge in [0.15, 0.2) is 0 Å². The van der Waals surface area contributed by atoms with Crippen LogP contribution in [0.5, 0.6) is 0 Å². The highest BCUT2D eigenvalue weighted by Crippen LogP contribution is 2.41. The second kappa shape index (κ2) is 6.76. The van der Waals surface area contributed by atoms with Gasteiger partial charge in [0.1, 0.15) is 11.9 Å². The highest BCUT2D eigenvalue weighted by Gasteiger charge is 2.44. The lowest BCUT2D eigenvalue weighted by molar-refractivity contribution is -0.169. The van der Waals surface area contributed by atoms with Crippen molar-refractivity contribution in [3.63, 3.8) is 0 Å². The van der Waals surface area contributed by atoms with Gasteiger partial charge in [-0.1, -0.05) is 12.1 Å². The third-order valence-corrected chi connectivity index (χ3v) is 4.15. The molecule has 0 aliphatic rings.